The Morgan fingerprint density at radius 3 is 2.52 bits per heavy atom. The van der Waals surface area contributed by atoms with Gasteiger partial charge in [0.2, 0.25) is 5.95 Å². The maximum atomic E-state index is 10.4. The molecule has 0 radical (unpaired) electrons. The van der Waals surface area contributed by atoms with Crippen LogP contribution in [-0.4, -0.2) is 15.1 Å². The second-order valence-corrected chi connectivity index (χ2v) is 5.38. The van der Waals surface area contributed by atoms with E-state index in [1.165, 1.54) is 0 Å². The van der Waals surface area contributed by atoms with Gasteiger partial charge in [0.1, 0.15) is 5.69 Å². The van der Waals surface area contributed by atoms with E-state index < -0.39 is 0 Å². The lowest BCUT2D eigenvalue weighted by Crippen LogP contribution is -1.80. The third-order valence-corrected chi connectivity index (χ3v) is 3.83. The quantitative estimate of drug-likeness (QED) is 0.503. The number of imidazole rings is 1. The maximum Gasteiger partial charge on any atom is 0.247 e. The van der Waals surface area contributed by atoms with E-state index in [-0.39, 0.29) is 5.75 Å². The number of fused-ring (bicyclic) bond motifs is 2. The van der Waals surface area contributed by atoms with Gasteiger partial charge in [0, 0.05) is 5.39 Å². The second-order valence-electron chi connectivity index (χ2n) is 5.38. The summed E-state index contributed by atoms with van der Waals surface area (Å²) in [5.41, 5.74) is 3.21. The zero-order valence-electron chi connectivity index (χ0n) is 12.5. The summed E-state index contributed by atoms with van der Waals surface area (Å²) in [6.45, 7) is 1.99. The molecule has 0 saturated carbocycles. The van der Waals surface area contributed by atoms with E-state index in [0.717, 1.165) is 27.4 Å². The van der Waals surface area contributed by atoms with Crippen molar-refractivity contribution in [2.24, 2.45) is 10.2 Å². The highest BCUT2D eigenvalue weighted by Crippen LogP contribution is 2.37. The zero-order valence-corrected chi connectivity index (χ0v) is 12.5. The first-order chi connectivity index (χ1) is 11.2. The van der Waals surface area contributed by atoms with Crippen LogP contribution >= 0.6 is 0 Å². The third-order valence-electron chi connectivity index (χ3n) is 3.83. The topological polar surface area (TPSA) is 73.6 Å². The van der Waals surface area contributed by atoms with Gasteiger partial charge in [0.25, 0.3) is 0 Å². The lowest BCUT2D eigenvalue weighted by molar-refractivity contribution is 0.482. The SMILES string of the molecule is Cc1cc(N=Nc2nc3ccccc3[nH]2)c(O)c2ccccc12. The fourth-order valence-corrected chi connectivity index (χ4v) is 2.69. The molecule has 0 saturated heterocycles. The molecule has 112 valence electrons. The summed E-state index contributed by atoms with van der Waals surface area (Å²) in [6, 6.07) is 17.2. The van der Waals surface area contributed by atoms with Crippen molar-refractivity contribution in [3.05, 3.63) is 60.2 Å². The van der Waals surface area contributed by atoms with Gasteiger partial charge in [0.15, 0.2) is 5.75 Å². The van der Waals surface area contributed by atoms with Gasteiger partial charge in [-0.05, 0) is 36.1 Å². The van der Waals surface area contributed by atoms with Crippen LogP contribution in [0.5, 0.6) is 5.75 Å². The van der Waals surface area contributed by atoms with Crippen LogP contribution in [0.4, 0.5) is 11.6 Å². The fraction of sp³-hybridized carbons (Fsp3) is 0.0556. The number of azo groups is 1. The van der Waals surface area contributed by atoms with E-state index >= 15 is 0 Å². The average molecular weight is 302 g/mol. The van der Waals surface area contributed by atoms with Crippen molar-refractivity contribution in [2.45, 2.75) is 6.92 Å². The van der Waals surface area contributed by atoms with Crippen LogP contribution in [0.2, 0.25) is 0 Å². The summed E-state index contributed by atoms with van der Waals surface area (Å²) >= 11 is 0. The third kappa shape index (κ3) is 2.32. The van der Waals surface area contributed by atoms with E-state index in [9.17, 15) is 5.11 Å². The molecule has 4 rings (SSSR count). The number of aromatic nitrogens is 2. The summed E-state index contributed by atoms with van der Waals surface area (Å²) in [7, 11) is 0. The average Bonchev–Trinajstić information content (AvgIpc) is 3.00. The Bertz CT molecular complexity index is 1020. The minimum atomic E-state index is 0.131. The molecule has 5 heteroatoms. The van der Waals surface area contributed by atoms with Crippen molar-refractivity contribution in [3.8, 4) is 5.75 Å². The van der Waals surface area contributed by atoms with Crippen LogP contribution < -0.4 is 0 Å². The number of hydrogen-bond donors (Lipinski definition) is 2. The van der Waals surface area contributed by atoms with Crippen LogP contribution in [0.1, 0.15) is 5.56 Å². The number of nitrogens with zero attached hydrogens (tertiary/aromatic N) is 3. The Balaban J connectivity index is 1.78. The number of aromatic hydroxyl groups is 1. The van der Waals surface area contributed by atoms with Gasteiger partial charge in [0.05, 0.1) is 11.0 Å². The number of nitrogens with one attached hydrogen (secondary N) is 1. The molecule has 5 nitrogen and oxygen atoms in total. The summed E-state index contributed by atoms with van der Waals surface area (Å²) in [5.74, 6) is 0.544. The maximum absolute atomic E-state index is 10.4. The van der Waals surface area contributed by atoms with Gasteiger partial charge < -0.3 is 10.1 Å². The molecule has 0 spiro atoms. The second kappa shape index (κ2) is 5.21. The van der Waals surface area contributed by atoms with Crippen molar-refractivity contribution >= 4 is 33.4 Å². The van der Waals surface area contributed by atoms with Crippen molar-refractivity contribution in [2.75, 3.05) is 0 Å². The Kier molecular flexibility index (Phi) is 3.05. The van der Waals surface area contributed by atoms with Crippen LogP contribution in [0.25, 0.3) is 21.8 Å². The molecule has 0 unspecified atom stereocenters. The number of aryl methyl sites for hydroxylation is 1. The first-order valence-electron chi connectivity index (χ1n) is 7.30. The van der Waals surface area contributed by atoms with Gasteiger partial charge in [-0.1, -0.05) is 36.4 Å². The Morgan fingerprint density at radius 1 is 0.957 bits per heavy atom. The highest BCUT2D eigenvalue weighted by Gasteiger charge is 2.09. The van der Waals surface area contributed by atoms with Gasteiger partial charge in [-0.25, -0.2) is 4.98 Å². The molecule has 1 heterocycles. The Hall–Kier alpha value is -3.21. The first kappa shape index (κ1) is 13.5. The van der Waals surface area contributed by atoms with E-state index in [0.29, 0.717) is 11.6 Å². The summed E-state index contributed by atoms with van der Waals surface area (Å²) in [5, 5.41) is 20.5. The van der Waals surface area contributed by atoms with Crippen molar-refractivity contribution in [3.63, 3.8) is 0 Å². The lowest BCUT2D eigenvalue weighted by atomic mass is 10.0. The highest BCUT2D eigenvalue weighted by molar-refractivity contribution is 5.94. The van der Waals surface area contributed by atoms with Gasteiger partial charge in [-0.3, -0.25) is 0 Å². The Labute approximate surface area is 132 Å². The Morgan fingerprint density at radius 2 is 1.70 bits per heavy atom. The molecule has 0 aliphatic heterocycles. The predicted molar refractivity (Wildman–Crippen MR) is 90.6 cm³/mol. The van der Waals surface area contributed by atoms with Gasteiger partial charge >= 0.3 is 0 Å². The minimum Gasteiger partial charge on any atom is -0.505 e. The van der Waals surface area contributed by atoms with E-state index in [1.807, 2.05) is 61.5 Å². The minimum absolute atomic E-state index is 0.131. The van der Waals surface area contributed by atoms with Crippen LogP contribution in [0, 0.1) is 6.92 Å². The van der Waals surface area contributed by atoms with E-state index in [2.05, 4.69) is 20.2 Å². The molecule has 4 aromatic rings. The van der Waals surface area contributed by atoms with E-state index in [4.69, 9.17) is 0 Å². The van der Waals surface area contributed by atoms with Crippen molar-refractivity contribution in [1.29, 1.82) is 0 Å². The largest absolute Gasteiger partial charge is 0.505 e. The van der Waals surface area contributed by atoms with Crippen molar-refractivity contribution in [1.82, 2.24) is 9.97 Å². The van der Waals surface area contributed by atoms with Gasteiger partial charge in [-0.15, -0.1) is 10.2 Å². The molecule has 0 atom stereocenters. The van der Waals surface area contributed by atoms with Crippen LogP contribution in [0.15, 0.2) is 64.8 Å². The zero-order chi connectivity index (χ0) is 15.8. The number of hydrogen-bond acceptors (Lipinski definition) is 4. The highest BCUT2D eigenvalue weighted by atomic mass is 16.3. The molecule has 3 aromatic carbocycles. The molecule has 2 N–H and O–H groups in total. The summed E-state index contributed by atoms with van der Waals surface area (Å²) in [4.78, 5) is 7.43. The molecule has 1 aromatic heterocycles. The number of para-hydroxylation sites is 2. The number of H-pyrrole nitrogens is 1. The lowest BCUT2D eigenvalue weighted by Gasteiger charge is -2.06. The molecule has 0 aliphatic carbocycles. The molecule has 0 amide bonds. The van der Waals surface area contributed by atoms with Gasteiger partial charge in [-0.2, -0.15) is 0 Å². The molecule has 23 heavy (non-hydrogen) atoms. The number of phenols is 1. The van der Waals surface area contributed by atoms with Crippen LogP contribution in [-0.2, 0) is 0 Å². The van der Waals surface area contributed by atoms with Crippen molar-refractivity contribution < 1.29 is 5.11 Å². The number of aromatic amines is 1. The monoisotopic (exact) mass is 302 g/mol. The molecular weight excluding hydrogens is 288 g/mol. The molecular formula is C18H14N4O. The smallest absolute Gasteiger partial charge is 0.247 e. The number of rotatable bonds is 2. The summed E-state index contributed by atoms with van der Waals surface area (Å²) < 4.78 is 0. The predicted octanol–water partition coefficient (Wildman–Crippen LogP) is 5.15. The van der Waals surface area contributed by atoms with E-state index in [1.54, 1.807) is 0 Å². The number of phenolic OH excluding ortho intramolecular Hbond substituents is 1. The fourth-order valence-electron chi connectivity index (χ4n) is 2.69. The summed E-state index contributed by atoms with van der Waals surface area (Å²) in [6.07, 6.45) is 0. The molecule has 0 aliphatic rings. The normalized spacial score (nSPS) is 11.7. The standard InChI is InChI=1S/C18H14N4O/c1-11-10-16(17(23)13-7-3-2-6-12(11)13)21-22-18-19-14-8-4-5-9-15(14)20-18/h2-10,23H,1H3,(H,19,20). The number of benzene rings is 3. The molecule has 0 fully saturated rings. The first-order valence-corrected chi connectivity index (χ1v) is 7.30. The van der Waals surface area contributed by atoms with Crippen LogP contribution in [0.3, 0.4) is 0 Å². The molecule has 0 bridgehead atoms.